The van der Waals surface area contributed by atoms with Crippen molar-refractivity contribution in [3.8, 4) is 0 Å². The molecule has 0 spiro atoms. The first-order chi connectivity index (χ1) is 9.22. The number of anilines is 1. The van der Waals surface area contributed by atoms with Crippen LogP contribution >= 0.6 is 11.8 Å². The van der Waals surface area contributed by atoms with Crippen LogP contribution in [0.4, 0.5) is 5.69 Å². The Kier molecular flexibility index (Phi) is 5.07. The molecule has 19 heavy (non-hydrogen) atoms. The van der Waals surface area contributed by atoms with Gasteiger partial charge in [0.15, 0.2) is 5.65 Å². The third kappa shape index (κ3) is 3.62. The zero-order valence-electron chi connectivity index (χ0n) is 11.9. The van der Waals surface area contributed by atoms with Crippen LogP contribution in [0.15, 0.2) is 18.5 Å². The third-order valence-electron chi connectivity index (χ3n) is 3.03. The number of fused-ring (bicyclic) bond motifs is 1. The Bertz CT molecular complexity index is 521. The van der Waals surface area contributed by atoms with E-state index in [-0.39, 0.29) is 0 Å². The molecule has 0 saturated heterocycles. The van der Waals surface area contributed by atoms with E-state index in [4.69, 9.17) is 0 Å². The van der Waals surface area contributed by atoms with E-state index in [9.17, 15) is 0 Å². The van der Waals surface area contributed by atoms with E-state index in [0.717, 1.165) is 23.3 Å². The lowest BCUT2D eigenvalue weighted by molar-refractivity contribution is 0.546. The van der Waals surface area contributed by atoms with Gasteiger partial charge < -0.3 is 5.32 Å². The van der Waals surface area contributed by atoms with Gasteiger partial charge >= 0.3 is 0 Å². The minimum atomic E-state index is 0.343. The molecule has 4 nitrogen and oxygen atoms in total. The number of rotatable bonds is 7. The highest BCUT2D eigenvalue weighted by atomic mass is 32.2. The molecule has 1 N–H and O–H groups in total. The minimum Gasteiger partial charge on any atom is -0.384 e. The predicted octanol–water partition coefficient (Wildman–Crippen LogP) is 3.57. The van der Waals surface area contributed by atoms with Gasteiger partial charge in [0.05, 0.1) is 18.1 Å². The van der Waals surface area contributed by atoms with E-state index < -0.39 is 0 Å². The molecule has 2 rings (SSSR count). The Morgan fingerprint density at radius 3 is 2.89 bits per heavy atom. The Morgan fingerprint density at radius 2 is 2.16 bits per heavy atom. The van der Waals surface area contributed by atoms with Gasteiger partial charge in [0.1, 0.15) is 0 Å². The molecule has 0 fully saturated rings. The number of unbranched alkanes of at least 4 members (excludes halogenated alkanes) is 1. The first kappa shape index (κ1) is 14.2. The summed E-state index contributed by atoms with van der Waals surface area (Å²) in [5.41, 5.74) is 2.04. The second-order valence-electron chi connectivity index (χ2n) is 4.95. The lowest BCUT2D eigenvalue weighted by Gasteiger charge is -2.08. The average molecular weight is 278 g/mol. The van der Waals surface area contributed by atoms with Crippen LogP contribution in [0.2, 0.25) is 0 Å². The topological polar surface area (TPSA) is 42.7 Å². The monoisotopic (exact) mass is 278 g/mol. The molecule has 2 aromatic heterocycles. The fraction of sp³-hybridized carbons (Fsp3) is 0.571. The van der Waals surface area contributed by atoms with Crippen molar-refractivity contribution in [1.29, 1.82) is 0 Å². The quantitative estimate of drug-likeness (QED) is 0.786. The van der Waals surface area contributed by atoms with E-state index >= 15 is 0 Å². The Hall–Kier alpha value is -1.23. The molecule has 0 atom stereocenters. The summed E-state index contributed by atoms with van der Waals surface area (Å²) < 4.78 is 1.96. The summed E-state index contributed by atoms with van der Waals surface area (Å²) in [4.78, 5) is 4.51. The van der Waals surface area contributed by atoms with Crippen LogP contribution in [0.3, 0.4) is 0 Å². The van der Waals surface area contributed by atoms with Gasteiger partial charge in [0.2, 0.25) is 0 Å². The molecule has 2 heterocycles. The van der Waals surface area contributed by atoms with Crippen molar-refractivity contribution in [2.45, 2.75) is 32.7 Å². The first-order valence-electron chi connectivity index (χ1n) is 6.78. The number of nitrogens with one attached hydrogen (secondary N) is 1. The third-order valence-corrected chi connectivity index (χ3v) is 3.72. The summed E-state index contributed by atoms with van der Waals surface area (Å²) in [6.07, 6.45) is 8.40. The van der Waals surface area contributed by atoms with Gasteiger partial charge in [0, 0.05) is 18.0 Å². The van der Waals surface area contributed by atoms with Crippen LogP contribution < -0.4 is 5.32 Å². The van der Waals surface area contributed by atoms with Crippen LogP contribution in [0, 0.1) is 0 Å². The van der Waals surface area contributed by atoms with Gasteiger partial charge in [-0.2, -0.15) is 16.9 Å². The number of hydrogen-bond donors (Lipinski definition) is 1. The zero-order chi connectivity index (χ0) is 13.7. The summed E-state index contributed by atoms with van der Waals surface area (Å²) in [5.74, 6) is 1.24. The predicted molar refractivity (Wildman–Crippen MR) is 84.0 cm³/mol. The van der Waals surface area contributed by atoms with Crippen LogP contribution in [0.5, 0.6) is 0 Å². The molecule has 0 unspecified atom stereocenters. The summed E-state index contributed by atoms with van der Waals surface area (Å²) in [6, 6.07) is 2.47. The zero-order valence-corrected chi connectivity index (χ0v) is 12.7. The van der Waals surface area contributed by atoms with Crippen molar-refractivity contribution in [2.24, 2.45) is 0 Å². The molecule has 0 aliphatic heterocycles. The standard InChI is InChI=1S/C14H22N4S/c1-11(2)18-14-12(9-17-18)8-13(10-16-14)15-6-4-5-7-19-3/h8-11,15H,4-7H2,1-3H3. The second-order valence-corrected chi connectivity index (χ2v) is 5.93. The van der Waals surface area contributed by atoms with Gasteiger partial charge in [-0.25, -0.2) is 9.67 Å². The minimum absolute atomic E-state index is 0.343. The molecule has 0 radical (unpaired) electrons. The smallest absolute Gasteiger partial charge is 0.158 e. The molecule has 104 valence electrons. The van der Waals surface area contributed by atoms with Crippen LogP contribution in [-0.2, 0) is 0 Å². The van der Waals surface area contributed by atoms with Crippen LogP contribution in [-0.4, -0.2) is 33.3 Å². The maximum absolute atomic E-state index is 4.51. The molecule has 2 aromatic rings. The number of nitrogens with zero attached hydrogens (tertiary/aromatic N) is 3. The molecule has 0 aliphatic rings. The van der Waals surface area contributed by atoms with Gasteiger partial charge in [-0.1, -0.05) is 0 Å². The van der Waals surface area contributed by atoms with Crippen LogP contribution in [0.25, 0.3) is 11.0 Å². The number of thioether (sulfide) groups is 1. The van der Waals surface area contributed by atoms with Crippen molar-refractivity contribution < 1.29 is 0 Å². The van der Waals surface area contributed by atoms with Crippen molar-refractivity contribution >= 4 is 28.5 Å². The fourth-order valence-electron chi connectivity index (χ4n) is 2.02. The van der Waals surface area contributed by atoms with E-state index in [1.54, 1.807) is 0 Å². The van der Waals surface area contributed by atoms with Gasteiger partial charge in [-0.3, -0.25) is 0 Å². The number of hydrogen-bond acceptors (Lipinski definition) is 4. The highest BCUT2D eigenvalue weighted by Gasteiger charge is 2.07. The molecule has 0 aliphatic carbocycles. The lowest BCUT2D eigenvalue weighted by atomic mass is 10.3. The van der Waals surface area contributed by atoms with Gasteiger partial charge in [-0.15, -0.1) is 0 Å². The largest absolute Gasteiger partial charge is 0.384 e. The Balaban J connectivity index is 1.98. The molecular formula is C14H22N4S. The molecule has 5 heteroatoms. The molecule has 0 saturated carbocycles. The molecule has 0 bridgehead atoms. The lowest BCUT2D eigenvalue weighted by Crippen LogP contribution is -2.04. The highest BCUT2D eigenvalue weighted by Crippen LogP contribution is 2.19. The highest BCUT2D eigenvalue weighted by molar-refractivity contribution is 7.98. The van der Waals surface area contributed by atoms with Crippen molar-refractivity contribution in [3.63, 3.8) is 0 Å². The molecule has 0 aromatic carbocycles. The Labute approximate surface area is 119 Å². The second kappa shape index (κ2) is 6.80. The Morgan fingerprint density at radius 1 is 1.32 bits per heavy atom. The van der Waals surface area contributed by atoms with E-state index in [1.807, 2.05) is 28.8 Å². The first-order valence-corrected chi connectivity index (χ1v) is 8.18. The summed E-state index contributed by atoms with van der Waals surface area (Å²) in [7, 11) is 0. The maximum atomic E-state index is 4.51. The van der Waals surface area contributed by atoms with E-state index in [1.165, 1.54) is 18.6 Å². The summed E-state index contributed by atoms with van der Waals surface area (Å²) in [6.45, 7) is 5.24. The molecule has 0 amide bonds. The van der Waals surface area contributed by atoms with E-state index in [2.05, 4.69) is 41.6 Å². The summed E-state index contributed by atoms with van der Waals surface area (Å²) >= 11 is 1.90. The molecular weight excluding hydrogens is 256 g/mol. The number of aromatic nitrogens is 3. The average Bonchev–Trinajstić information content (AvgIpc) is 2.81. The van der Waals surface area contributed by atoms with Gasteiger partial charge in [-0.05, 0) is 44.8 Å². The SMILES string of the molecule is CSCCCCNc1cnc2c(cnn2C(C)C)c1. The van der Waals surface area contributed by atoms with Gasteiger partial charge in [0.25, 0.3) is 0 Å². The normalized spacial score (nSPS) is 11.4. The summed E-state index contributed by atoms with van der Waals surface area (Å²) in [5, 5.41) is 8.91. The van der Waals surface area contributed by atoms with Crippen molar-refractivity contribution in [2.75, 3.05) is 23.9 Å². The fourth-order valence-corrected chi connectivity index (χ4v) is 2.51. The van der Waals surface area contributed by atoms with E-state index in [0.29, 0.717) is 6.04 Å². The van der Waals surface area contributed by atoms with Crippen LogP contribution in [0.1, 0.15) is 32.7 Å². The number of pyridine rings is 1. The van der Waals surface area contributed by atoms with Crippen molar-refractivity contribution in [1.82, 2.24) is 14.8 Å². The maximum Gasteiger partial charge on any atom is 0.158 e. The van der Waals surface area contributed by atoms with Crippen molar-refractivity contribution in [3.05, 3.63) is 18.5 Å².